The van der Waals surface area contributed by atoms with Gasteiger partial charge in [-0.3, -0.25) is 14.4 Å². The van der Waals surface area contributed by atoms with Crippen molar-refractivity contribution in [3.8, 4) is 0 Å². The summed E-state index contributed by atoms with van der Waals surface area (Å²) in [5.41, 5.74) is 0. The van der Waals surface area contributed by atoms with E-state index in [0.29, 0.717) is 19.3 Å². The Morgan fingerprint density at radius 1 is 0.232 bits per heavy atom. The Balaban J connectivity index is 4.20. The van der Waals surface area contributed by atoms with E-state index in [2.05, 4.69) is 20.8 Å². The lowest BCUT2D eigenvalue weighted by molar-refractivity contribution is -0.167. The zero-order valence-electron chi connectivity index (χ0n) is 47.1. The molecule has 0 aliphatic carbocycles. The Bertz CT molecular complexity index is 1030. The molecule has 0 heterocycles. The van der Waals surface area contributed by atoms with Crippen molar-refractivity contribution in [3.05, 3.63) is 0 Å². The summed E-state index contributed by atoms with van der Waals surface area (Å²) in [6.45, 7) is 6.72. The number of hydrogen-bond donors (Lipinski definition) is 0. The van der Waals surface area contributed by atoms with Crippen molar-refractivity contribution in [2.75, 3.05) is 13.2 Å². The molecular formula is C63H122O6. The van der Waals surface area contributed by atoms with E-state index in [9.17, 15) is 14.4 Å². The molecule has 0 aromatic rings. The molecule has 0 aromatic carbocycles. The molecule has 0 rings (SSSR count). The van der Waals surface area contributed by atoms with Crippen molar-refractivity contribution in [3.63, 3.8) is 0 Å². The van der Waals surface area contributed by atoms with Gasteiger partial charge in [0.05, 0.1) is 0 Å². The summed E-state index contributed by atoms with van der Waals surface area (Å²) in [7, 11) is 0. The Kier molecular flexibility index (Phi) is 57.6. The van der Waals surface area contributed by atoms with Crippen LogP contribution < -0.4 is 0 Å². The lowest BCUT2D eigenvalue weighted by Crippen LogP contribution is -2.30. The first kappa shape index (κ1) is 67.4. The Labute approximate surface area is 431 Å². The minimum atomic E-state index is -0.761. The molecule has 0 saturated heterocycles. The lowest BCUT2D eigenvalue weighted by Gasteiger charge is -2.18. The van der Waals surface area contributed by atoms with Crippen molar-refractivity contribution >= 4 is 17.9 Å². The normalized spacial score (nSPS) is 11.9. The highest BCUT2D eigenvalue weighted by Crippen LogP contribution is 2.18. The quantitative estimate of drug-likeness (QED) is 0.0343. The van der Waals surface area contributed by atoms with Crippen molar-refractivity contribution < 1.29 is 28.6 Å². The van der Waals surface area contributed by atoms with Crippen LogP contribution in [-0.4, -0.2) is 37.2 Å². The summed E-state index contributed by atoms with van der Waals surface area (Å²) >= 11 is 0. The van der Waals surface area contributed by atoms with Crippen LogP contribution >= 0.6 is 0 Å². The third-order valence-corrected chi connectivity index (χ3v) is 14.6. The summed E-state index contributed by atoms with van der Waals surface area (Å²) in [5, 5.41) is 0. The van der Waals surface area contributed by atoms with Crippen molar-refractivity contribution in [1.82, 2.24) is 0 Å². The molecule has 6 nitrogen and oxygen atoms in total. The van der Waals surface area contributed by atoms with E-state index >= 15 is 0 Å². The predicted octanol–water partition coefficient (Wildman–Crippen LogP) is 21.1. The summed E-state index contributed by atoms with van der Waals surface area (Å²) < 4.78 is 16.9. The van der Waals surface area contributed by atoms with E-state index in [-0.39, 0.29) is 31.1 Å². The van der Waals surface area contributed by atoms with Crippen LogP contribution in [0.5, 0.6) is 0 Å². The average molecular weight is 976 g/mol. The number of esters is 3. The molecule has 0 aliphatic heterocycles. The summed E-state index contributed by atoms with van der Waals surface area (Å²) in [6.07, 6.45) is 66.8. The maximum absolute atomic E-state index is 12.9. The van der Waals surface area contributed by atoms with Gasteiger partial charge in [0.15, 0.2) is 6.10 Å². The van der Waals surface area contributed by atoms with Gasteiger partial charge in [-0.25, -0.2) is 0 Å². The number of hydrogen-bond acceptors (Lipinski definition) is 6. The molecule has 0 bridgehead atoms. The lowest BCUT2D eigenvalue weighted by atomic mass is 10.0. The average Bonchev–Trinajstić information content (AvgIpc) is 3.35. The van der Waals surface area contributed by atoms with Gasteiger partial charge in [-0.1, -0.05) is 329 Å². The molecular weight excluding hydrogens is 853 g/mol. The van der Waals surface area contributed by atoms with E-state index in [1.165, 1.54) is 270 Å². The van der Waals surface area contributed by atoms with Crippen molar-refractivity contribution in [1.29, 1.82) is 0 Å². The highest BCUT2D eigenvalue weighted by Gasteiger charge is 2.19. The predicted molar refractivity (Wildman–Crippen MR) is 298 cm³/mol. The van der Waals surface area contributed by atoms with E-state index < -0.39 is 6.10 Å². The SMILES string of the molecule is CCCCCCCCCCCCCCCCCCCCCCCC(=O)OC[C@H](COC(=O)CCCCCCCCCCCCC)OC(=O)CCCCCCCCCCCCCCCCCCCCC. The van der Waals surface area contributed by atoms with Crippen molar-refractivity contribution in [2.24, 2.45) is 0 Å². The van der Waals surface area contributed by atoms with Gasteiger partial charge in [0.25, 0.3) is 0 Å². The van der Waals surface area contributed by atoms with Gasteiger partial charge in [0, 0.05) is 19.3 Å². The maximum Gasteiger partial charge on any atom is 0.306 e. The molecule has 0 radical (unpaired) electrons. The fourth-order valence-corrected chi connectivity index (χ4v) is 9.86. The van der Waals surface area contributed by atoms with E-state index in [1.54, 1.807) is 0 Å². The molecule has 0 unspecified atom stereocenters. The molecule has 0 amide bonds. The molecule has 0 N–H and O–H groups in total. The fourth-order valence-electron chi connectivity index (χ4n) is 9.86. The molecule has 410 valence electrons. The second-order valence-corrected chi connectivity index (χ2v) is 21.7. The van der Waals surface area contributed by atoms with Crippen LogP contribution in [0.2, 0.25) is 0 Å². The minimum absolute atomic E-state index is 0.0608. The van der Waals surface area contributed by atoms with Crippen LogP contribution in [0.15, 0.2) is 0 Å². The van der Waals surface area contributed by atoms with Crippen LogP contribution in [0, 0.1) is 0 Å². The van der Waals surface area contributed by atoms with Crippen LogP contribution in [-0.2, 0) is 28.6 Å². The third-order valence-electron chi connectivity index (χ3n) is 14.6. The fraction of sp³-hybridized carbons (Fsp3) is 0.952. The number of carbonyl (C=O) groups excluding carboxylic acids is 3. The smallest absolute Gasteiger partial charge is 0.306 e. The second kappa shape index (κ2) is 59.0. The van der Waals surface area contributed by atoms with Crippen LogP contribution in [0.3, 0.4) is 0 Å². The van der Waals surface area contributed by atoms with Gasteiger partial charge in [0.1, 0.15) is 13.2 Å². The van der Waals surface area contributed by atoms with Crippen LogP contribution in [0.25, 0.3) is 0 Å². The van der Waals surface area contributed by atoms with Crippen molar-refractivity contribution in [2.45, 2.75) is 374 Å². The summed E-state index contributed by atoms with van der Waals surface area (Å²) in [5.74, 6) is -0.828. The Hall–Kier alpha value is -1.59. The molecule has 69 heavy (non-hydrogen) atoms. The third kappa shape index (κ3) is 57.2. The number of rotatable bonds is 59. The minimum Gasteiger partial charge on any atom is -0.462 e. The summed E-state index contributed by atoms with van der Waals surface area (Å²) in [4.78, 5) is 38.2. The van der Waals surface area contributed by atoms with E-state index in [1.807, 2.05) is 0 Å². The molecule has 0 fully saturated rings. The topological polar surface area (TPSA) is 78.9 Å². The molecule has 1 atom stereocenters. The standard InChI is InChI=1S/C63H122O6/c1-4-7-10-13-16-19-22-24-26-28-30-31-33-34-36-38-41-44-47-50-53-56-62(65)68-59-60(58-67-61(64)55-52-49-46-43-40-21-18-15-12-9-6-3)69-63(66)57-54-51-48-45-42-39-37-35-32-29-27-25-23-20-17-14-11-8-5-2/h60H,4-59H2,1-3H3/t60-/m0/s1. The van der Waals surface area contributed by atoms with Gasteiger partial charge in [-0.2, -0.15) is 0 Å². The first-order valence-corrected chi connectivity index (χ1v) is 31.5. The summed E-state index contributed by atoms with van der Waals surface area (Å²) in [6, 6.07) is 0. The maximum atomic E-state index is 12.9. The second-order valence-electron chi connectivity index (χ2n) is 21.7. The van der Waals surface area contributed by atoms with Crippen LogP contribution in [0.1, 0.15) is 367 Å². The number of carbonyl (C=O) groups is 3. The molecule has 0 aliphatic rings. The van der Waals surface area contributed by atoms with Gasteiger partial charge in [-0.05, 0) is 19.3 Å². The molecule has 0 aromatic heterocycles. The first-order chi connectivity index (χ1) is 34.0. The first-order valence-electron chi connectivity index (χ1n) is 31.5. The monoisotopic (exact) mass is 975 g/mol. The van der Waals surface area contributed by atoms with Gasteiger partial charge < -0.3 is 14.2 Å². The Morgan fingerprint density at radius 3 is 0.580 bits per heavy atom. The van der Waals surface area contributed by atoms with E-state index in [4.69, 9.17) is 14.2 Å². The zero-order valence-corrected chi connectivity index (χ0v) is 47.1. The van der Waals surface area contributed by atoms with E-state index in [0.717, 1.165) is 57.8 Å². The number of unbranched alkanes of at least 4 members (excludes halogenated alkanes) is 48. The largest absolute Gasteiger partial charge is 0.462 e. The highest BCUT2D eigenvalue weighted by atomic mass is 16.6. The molecule has 6 heteroatoms. The highest BCUT2D eigenvalue weighted by molar-refractivity contribution is 5.71. The van der Waals surface area contributed by atoms with Gasteiger partial charge in [-0.15, -0.1) is 0 Å². The van der Waals surface area contributed by atoms with Crippen LogP contribution in [0.4, 0.5) is 0 Å². The molecule has 0 saturated carbocycles. The van der Waals surface area contributed by atoms with Gasteiger partial charge in [0.2, 0.25) is 0 Å². The zero-order chi connectivity index (χ0) is 50.0. The molecule has 0 spiro atoms. The number of ether oxygens (including phenoxy) is 3. The van der Waals surface area contributed by atoms with Gasteiger partial charge >= 0.3 is 17.9 Å². The Morgan fingerprint density at radius 2 is 0.391 bits per heavy atom.